The minimum absolute atomic E-state index is 0.237. The van der Waals surface area contributed by atoms with Crippen molar-refractivity contribution < 1.29 is 22.7 Å². The molecule has 0 heterocycles. The highest BCUT2D eigenvalue weighted by atomic mass is 32.2. The number of hydrogen-bond donors (Lipinski definition) is 1. The topological polar surface area (TPSA) is 81.7 Å². The van der Waals surface area contributed by atoms with Gasteiger partial charge in [0.1, 0.15) is 0 Å². The van der Waals surface area contributed by atoms with Gasteiger partial charge in [-0.15, -0.1) is 0 Å². The molecule has 0 radical (unpaired) electrons. The Kier molecular flexibility index (Phi) is 6.04. The van der Waals surface area contributed by atoms with E-state index in [1.54, 1.807) is 0 Å². The van der Waals surface area contributed by atoms with Gasteiger partial charge in [0.15, 0.2) is 0 Å². The molecule has 1 fully saturated rings. The molecule has 0 amide bonds. The molecule has 106 valence electrons. The van der Waals surface area contributed by atoms with Crippen molar-refractivity contribution in [1.29, 1.82) is 0 Å². The van der Waals surface area contributed by atoms with Crippen LogP contribution in [-0.4, -0.2) is 46.5 Å². The van der Waals surface area contributed by atoms with Gasteiger partial charge < -0.3 is 9.47 Å². The molecule has 0 aromatic heterocycles. The largest absolute Gasteiger partial charge is 0.469 e. The van der Waals surface area contributed by atoms with Crippen LogP contribution in [0, 0.1) is 5.92 Å². The van der Waals surface area contributed by atoms with Crippen LogP contribution in [0.1, 0.15) is 26.2 Å². The average Bonchev–Trinajstić information content (AvgIpc) is 2.83. The second-order valence-electron chi connectivity index (χ2n) is 4.24. The first-order valence-electron chi connectivity index (χ1n) is 6.17. The van der Waals surface area contributed by atoms with E-state index in [-0.39, 0.29) is 6.54 Å². The predicted octanol–water partition coefficient (Wildman–Crippen LogP) is 0.284. The fraction of sp³-hybridized carbons (Fsp3) is 0.909. The molecule has 6 nitrogen and oxygen atoms in total. The van der Waals surface area contributed by atoms with Crippen LogP contribution in [0.4, 0.5) is 0 Å². The maximum absolute atomic E-state index is 12.1. The highest BCUT2D eigenvalue weighted by Crippen LogP contribution is 2.31. The molecule has 0 bridgehead atoms. The minimum atomic E-state index is -3.48. The molecular weight excluding hydrogens is 258 g/mol. The Hall–Kier alpha value is -0.660. The molecule has 1 saturated carbocycles. The molecule has 1 aliphatic carbocycles. The number of nitrogens with one attached hydrogen (secondary N) is 1. The van der Waals surface area contributed by atoms with Crippen molar-refractivity contribution in [3.05, 3.63) is 0 Å². The van der Waals surface area contributed by atoms with Gasteiger partial charge in [-0.25, -0.2) is 13.1 Å². The first kappa shape index (κ1) is 15.4. The SMILES string of the molecule is CCOCCNS(=O)(=O)[C@H]1CCC[C@H]1C(=O)OC. The van der Waals surface area contributed by atoms with Crippen molar-refractivity contribution in [3.63, 3.8) is 0 Å². The number of sulfonamides is 1. The number of carbonyl (C=O) groups is 1. The van der Waals surface area contributed by atoms with E-state index in [2.05, 4.69) is 9.46 Å². The predicted molar refractivity (Wildman–Crippen MR) is 66.6 cm³/mol. The Bertz CT molecular complexity index is 368. The number of ether oxygens (including phenoxy) is 2. The van der Waals surface area contributed by atoms with E-state index in [4.69, 9.17) is 4.74 Å². The van der Waals surface area contributed by atoms with E-state index in [1.165, 1.54) is 7.11 Å². The van der Waals surface area contributed by atoms with Crippen LogP contribution in [0.25, 0.3) is 0 Å². The van der Waals surface area contributed by atoms with Crippen molar-refractivity contribution in [2.75, 3.05) is 26.9 Å². The van der Waals surface area contributed by atoms with E-state index < -0.39 is 27.2 Å². The summed E-state index contributed by atoms with van der Waals surface area (Å²) < 4.78 is 36.3. The van der Waals surface area contributed by atoms with Crippen LogP contribution in [0.15, 0.2) is 0 Å². The fourth-order valence-corrected chi connectivity index (χ4v) is 3.96. The van der Waals surface area contributed by atoms with Gasteiger partial charge in [-0.2, -0.15) is 0 Å². The Morgan fingerprint density at radius 1 is 1.39 bits per heavy atom. The summed E-state index contributed by atoms with van der Waals surface area (Å²) in [5.41, 5.74) is 0. The van der Waals surface area contributed by atoms with Crippen LogP contribution >= 0.6 is 0 Å². The average molecular weight is 279 g/mol. The van der Waals surface area contributed by atoms with Crippen molar-refractivity contribution in [2.45, 2.75) is 31.4 Å². The van der Waals surface area contributed by atoms with Gasteiger partial charge >= 0.3 is 5.97 Å². The van der Waals surface area contributed by atoms with Crippen molar-refractivity contribution in [3.8, 4) is 0 Å². The second-order valence-corrected chi connectivity index (χ2v) is 6.22. The molecule has 2 atom stereocenters. The number of hydrogen-bond acceptors (Lipinski definition) is 5. The van der Waals surface area contributed by atoms with Gasteiger partial charge in [0.2, 0.25) is 10.0 Å². The zero-order chi connectivity index (χ0) is 13.6. The molecule has 0 aliphatic heterocycles. The Labute approximate surface area is 108 Å². The zero-order valence-corrected chi connectivity index (χ0v) is 11.7. The normalized spacial score (nSPS) is 24.1. The molecule has 18 heavy (non-hydrogen) atoms. The standard InChI is InChI=1S/C11H21NO5S/c1-3-17-8-7-12-18(14,15)10-6-4-5-9(10)11(13)16-2/h9-10,12H,3-8H2,1-2H3/t9-,10+/m1/s1. The molecule has 1 aliphatic rings. The van der Waals surface area contributed by atoms with E-state index in [0.29, 0.717) is 26.1 Å². The summed E-state index contributed by atoms with van der Waals surface area (Å²) >= 11 is 0. The number of esters is 1. The summed E-state index contributed by atoms with van der Waals surface area (Å²) in [7, 11) is -2.19. The van der Waals surface area contributed by atoms with E-state index in [9.17, 15) is 13.2 Å². The molecule has 0 spiro atoms. The van der Waals surface area contributed by atoms with Crippen LogP contribution in [-0.2, 0) is 24.3 Å². The van der Waals surface area contributed by atoms with Gasteiger partial charge in [-0.3, -0.25) is 4.79 Å². The van der Waals surface area contributed by atoms with Crippen LogP contribution in [0.2, 0.25) is 0 Å². The lowest BCUT2D eigenvalue weighted by molar-refractivity contribution is -0.145. The van der Waals surface area contributed by atoms with Gasteiger partial charge in [-0.05, 0) is 19.8 Å². The van der Waals surface area contributed by atoms with Crippen molar-refractivity contribution in [2.24, 2.45) is 5.92 Å². The molecule has 0 saturated heterocycles. The number of methoxy groups -OCH3 is 1. The Morgan fingerprint density at radius 2 is 2.11 bits per heavy atom. The number of carbonyl (C=O) groups excluding carboxylic acids is 1. The first-order chi connectivity index (χ1) is 8.53. The third-order valence-electron chi connectivity index (χ3n) is 3.11. The summed E-state index contributed by atoms with van der Waals surface area (Å²) in [6.07, 6.45) is 1.81. The van der Waals surface area contributed by atoms with Gasteiger partial charge in [0, 0.05) is 13.2 Å². The lowest BCUT2D eigenvalue weighted by atomic mass is 10.1. The monoisotopic (exact) mass is 279 g/mol. The summed E-state index contributed by atoms with van der Waals surface area (Å²) in [4.78, 5) is 11.5. The van der Waals surface area contributed by atoms with Crippen LogP contribution in [0.5, 0.6) is 0 Å². The van der Waals surface area contributed by atoms with Crippen molar-refractivity contribution in [1.82, 2.24) is 4.72 Å². The number of rotatable bonds is 7. The Morgan fingerprint density at radius 3 is 2.72 bits per heavy atom. The quantitative estimate of drug-likeness (QED) is 0.535. The maximum atomic E-state index is 12.1. The summed E-state index contributed by atoms with van der Waals surface area (Å²) in [5, 5.41) is -0.674. The molecule has 0 aromatic rings. The Balaban J connectivity index is 2.57. The van der Waals surface area contributed by atoms with Gasteiger partial charge in [0.05, 0.1) is 24.9 Å². The van der Waals surface area contributed by atoms with E-state index in [1.807, 2.05) is 6.92 Å². The molecule has 0 aromatic carbocycles. The third kappa shape index (κ3) is 3.93. The summed E-state index contributed by atoms with van der Waals surface area (Å²) in [6.45, 7) is 2.97. The maximum Gasteiger partial charge on any atom is 0.310 e. The molecule has 1 N–H and O–H groups in total. The lowest BCUT2D eigenvalue weighted by Gasteiger charge is -2.18. The van der Waals surface area contributed by atoms with Crippen molar-refractivity contribution >= 4 is 16.0 Å². The highest BCUT2D eigenvalue weighted by Gasteiger charge is 2.41. The smallest absolute Gasteiger partial charge is 0.310 e. The molecule has 7 heteroatoms. The molecule has 1 rings (SSSR count). The fourth-order valence-electron chi connectivity index (χ4n) is 2.23. The van der Waals surface area contributed by atoms with E-state index >= 15 is 0 Å². The third-order valence-corrected chi connectivity index (χ3v) is 5.08. The summed E-state index contributed by atoms with van der Waals surface area (Å²) in [6, 6.07) is 0. The highest BCUT2D eigenvalue weighted by molar-refractivity contribution is 7.90. The zero-order valence-electron chi connectivity index (χ0n) is 10.8. The second kappa shape index (κ2) is 7.06. The molecular formula is C11H21NO5S. The summed E-state index contributed by atoms with van der Waals surface area (Å²) in [5.74, 6) is -0.979. The van der Waals surface area contributed by atoms with E-state index in [0.717, 1.165) is 6.42 Å². The van der Waals surface area contributed by atoms with Crippen LogP contribution < -0.4 is 4.72 Å². The van der Waals surface area contributed by atoms with Gasteiger partial charge in [-0.1, -0.05) is 6.42 Å². The van der Waals surface area contributed by atoms with Crippen LogP contribution in [0.3, 0.4) is 0 Å². The van der Waals surface area contributed by atoms with Gasteiger partial charge in [0.25, 0.3) is 0 Å². The minimum Gasteiger partial charge on any atom is -0.469 e. The lowest BCUT2D eigenvalue weighted by Crippen LogP contribution is -2.40. The molecule has 0 unspecified atom stereocenters. The first-order valence-corrected chi connectivity index (χ1v) is 7.71.